The third-order valence-electron chi connectivity index (χ3n) is 4.77. The first-order chi connectivity index (χ1) is 12.2. The van der Waals surface area contributed by atoms with Crippen molar-refractivity contribution in [2.45, 2.75) is 13.8 Å². The molecule has 0 spiro atoms. The maximum absolute atomic E-state index is 4.82. The van der Waals surface area contributed by atoms with Gasteiger partial charge in [-0.15, -0.1) is 24.8 Å². The summed E-state index contributed by atoms with van der Waals surface area (Å²) in [5.41, 5.74) is 6.04. The molecule has 0 aromatic heterocycles. The number of hydrogen-bond acceptors (Lipinski definition) is 3. The first-order valence-electron chi connectivity index (χ1n) is 9.11. The summed E-state index contributed by atoms with van der Waals surface area (Å²) in [5, 5.41) is 0. The van der Waals surface area contributed by atoms with Gasteiger partial charge in [0.05, 0.1) is 12.3 Å². The number of aliphatic imine (C=N–C) groups is 1. The molecular formula is C22H29Cl2N3. The highest BCUT2D eigenvalue weighted by Crippen LogP contribution is 2.25. The SMILES string of the molecule is CCN(CC)c1ccccc1/C=C/C1=NCCN(C)c2ccccc21.Cl.Cl. The molecule has 0 bridgehead atoms. The summed E-state index contributed by atoms with van der Waals surface area (Å²) in [4.78, 5) is 9.49. The fourth-order valence-electron chi connectivity index (χ4n) is 3.34. The maximum Gasteiger partial charge on any atom is 0.0668 e. The van der Waals surface area contributed by atoms with Crippen LogP contribution in [0.1, 0.15) is 25.0 Å². The molecule has 1 heterocycles. The molecular weight excluding hydrogens is 377 g/mol. The lowest BCUT2D eigenvalue weighted by molar-refractivity contribution is 0.865. The number of benzodiazepines with no additional fused rings is 1. The number of nitrogens with zero attached hydrogens (tertiary/aromatic N) is 3. The van der Waals surface area contributed by atoms with E-state index in [1.807, 2.05) is 0 Å². The Morgan fingerprint density at radius 3 is 2.37 bits per heavy atom. The lowest BCUT2D eigenvalue weighted by atomic mass is 10.0. The summed E-state index contributed by atoms with van der Waals surface area (Å²) >= 11 is 0. The van der Waals surface area contributed by atoms with E-state index in [0.29, 0.717) is 0 Å². The van der Waals surface area contributed by atoms with Crippen LogP contribution in [-0.4, -0.2) is 38.9 Å². The third kappa shape index (κ3) is 5.27. The highest BCUT2D eigenvalue weighted by atomic mass is 35.5. The van der Waals surface area contributed by atoms with Gasteiger partial charge in [-0.2, -0.15) is 0 Å². The molecule has 1 aliphatic heterocycles. The zero-order valence-corrected chi connectivity index (χ0v) is 17.9. The molecule has 1 aliphatic rings. The number of rotatable bonds is 5. The van der Waals surface area contributed by atoms with Crippen molar-refractivity contribution < 1.29 is 0 Å². The van der Waals surface area contributed by atoms with Crippen LogP contribution >= 0.6 is 24.8 Å². The Hall–Kier alpha value is -1.97. The predicted octanol–water partition coefficient (Wildman–Crippen LogP) is 5.33. The minimum atomic E-state index is 0. The van der Waals surface area contributed by atoms with E-state index in [4.69, 9.17) is 4.99 Å². The molecule has 0 aliphatic carbocycles. The van der Waals surface area contributed by atoms with Crippen LogP contribution in [0.3, 0.4) is 0 Å². The Balaban J connectivity index is 0.00000182. The van der Waals surface area contributed by atoms with Crippen LogP contribution in [0.5, 0.6) is 0 Å². The smallest absolute Gasteiger partial charge is 0.0668 e. The molecule has 0 amide bonds. The largest absolute Gasteiger partial charge is 0.372 e. The first kappa shape index (κ1) is 23.1. The number of fused-ring (bicyclic) bond motifs is 1. The summed E-state index contributed by atoms with van der Waals surface area (Å²) in [5.74, 6) is 0. The zero-order valence-electron chi connectivity index (χ0n) is 16.3. The monoisotopic (exact) mass is 405 g/mol. The van der Waals surface area contributed by atoms with Crippen molar-refractivity contribution in [2.24, 2.45) is 4.99 Å². The number of allylic oxidation sites excluding steroid dienone is 1. The number of halogens is 2. The van der Waals surface area contributed by atoms with E-state index >= 15 is 0 Å². The average Bonchev–Trinajstić information content (AvgIpc) is 2.81. The van der Waals surface area contributed by atoms with E-state index in [0.717, 1.165) is 31.9 Å². The van der Waals surface area contributed by atoms with Gasteiger partial charge >= 0.3 is 0 Å². The minimum absolute atomic E-state index is 0. The van der Waals surface area contributed by atoms with Crippen molar-refractivity contribution in [3.63, 3.8) is 0 Å². The van der Waals surface area contributed by atoms with Gasteiger partial charge in [0.25, 0.3) is 0 Å². The molecule has 3 nitrogen and oxygen atoms in total. The summed E-state index contributed by atoms with van der Waals surface area (Å²) in [6.45, 7) is 8.19. The molecule has 3 rings (SSSR count). The topological polar surface area (TPSA) is 18.8 Å². The molecule has 0 atom stereocenters. The molecule has 2 aromatic rings. The molecule has 0 saturated carbocycles. The highest BCUT2D eigenvalue weighted by Gasteiger charge is 2.14. The summed E-state index contributed by atoms with van der Waals surface area (Å²) in [6.07, 6.45) is 4.37. The second kappa shape index (κ2) is 11.0. The lowest BCUT2D eigenvalue weighted by Gasteiger charge is -2.23. The van der Waals surface area contributed by atoms with Crippen LogP contribution in [0.25, 0.3) is 6.08 Å². The Kier molecular flexibility index (Phi) is 9.40. The van der Waals surface area contributed by atoms with Gasteiger partial charge in [0, 0.05) is 43.6 Å². The number of para-hydroxylation sites is 2. The van der Waals surface area contributed by atoms with E-state index in [2.05, 4.69) is 91.4 Å². The predicted molar refractivity (Wildman–Crippen MR) is 125 cm³/mol. The van der Waals surface area contributed by atoms with Gasteiger partial charge in [-0.1, -0.05) is 42.5 Å². The Morgan fingerprint density at radius 2 is 1.63 bits per heavy atom. The van der Waals surface area contributed by atoms with Crippen molar-refractivity contribution in [1.29, 1.82) is 0 Å². The summed E-state index contributed by atoms with van der Waals surface area (Å²) in [7, 11) is 2.14. The average molecular weight is 406 g/mol. The highest BCUT2D eigenvalue weighted by molar-refractivity contribution is 6.14. The second-order valence-electron chi connectivity index (χ2n) is 6.27. The van der Waals surface area contributed by atoms with Crippen LogP contribution < -0.4 is 9.80 Å². The number of likely N-dealkylation sites (N-methyl/N-ethyl adjacent to an activating group) is 1. The standard InChI is InChI=1S/C22H27N3.2ClH/c1-4-25(5-2)21-12-8-6-10-18(21)14-15-20-19-11-7-9-13-22(19)24(3)17-16-23-20;;/h6-15H,4-5,16-17H2,1-3H3;2*1H/b15-14+;;. The van der Waals surface area contributed by atoms with E-state index < -0.39 is 0 Å². The molecule has 5 heteroatoms. The van der Waals surface area contributed by atoms with E-state index in [1.165, 1.54) is 22.5 Å². The van der Waals surface area contributed by atoms with Crippen molar-refractivity contribution in [3.05, 3.63) is 65.7 Å². The van der Waals surface area contributed by atoms with Crippen LogP contribution in [0.4, 0.5) is 11.4 Å². The van der Waals surface area contributed by atoms with Gasteiger partial charge in [0.15, 0.2) is 0 Å². The molecule has 2 aromatic carbocycles. The molecule has 0 saturated heterocycles. The molecule has 146 valence electrons. The van der Waals surface area contributed by atoms with Crippen LogP contribution in [-0.2, 0) is 0 Å². The van der Waals surface area contributed by atoms with E-state index in [1.54, 1.807) is 0 Å². The van der Waals surface area contributed by atoms with Gasteiger partial charge in [-0.05, 0) is 37.6 Å². The van der Waals surface area contributed by atoms with Gasteiger partial charge in [0.2, 0.25) is 0 Å². The quantitative estimate of drug-likeness (QED) is 0.669. The molecule has 0 N–H and O–H groups in total. The molecule has 27 heavy (non-hydrogen) atoms. The Bertz CT molecular complexity index is 783. The Morgan fingerprint density at radius 1 is 0.963 bits per heavy atom. The van der Waals surface area contributed by atoms with Crippen LogP contribution in [0, 0.1) is 0 Å². The first-order valence-corrected chi connectivity index (χ1v) is 9.11. The van der Waals surface area contributed by atoms with Crippen LogP contribution in [0.15, 0.2) is 59.6 Å². The van der Waals surface area contributed by atoms with Crippen molar-refractivity contribution in [2.75, 3.05) is 43.0 Å². The normalized spacial score (nSPS) is 13.1. The van der Waals surface area contributed by atoms with Crippen LogP contribution in [0.2, 0.25) is 0 Å². The third-order valence-corrected chi connectivity index (χ3v) is 4.77. The van der Waals surface area contributed by atoms with Gasteiger partial charge in [-0.3, -0.25) is 4.99 Å². The van der Waals surface area contributed by atoms with E-state index in [-0.39, 0.29) is 24.8 Å². The van der Waals surface area contributed by atoms with Gasteiger partial charge in [0.1, 0.15) is 0 Å². The van der Waals surface area contributed by atoms with Gasteiger partial charge < -0.3 is 9.80 Å². The number of anilines is 2. The van der Waals surface area contributed by atoms with Crippen molar-refractivity contribution in [1.82, 2.24) is 0 Å². The Labute approximate surface area is 175 Å². The zero-order chi connectivity index (χ0) is 17.6. The fraction of sp³-hybridized carbons (Fsp3) is 0.318. The number of benzene rings is 2. The second-order valence-corrected chi connectivity index (χ2v) is 6.27. The molecule has 0 unspecified atom stereocenters. The molecule has 0 radical (unpaired) electrons. The van der Waals surface area contributed by atoms with Crippen molar-refractivity contribution in [3.8, 4) is 0 Å². The van der Waals surface area contributed by atoms with Crippen molar-refractivity contribution >= 4 is 48.0 Å². The van der Waals surface area contributed by atoms with E-state index in [9.17, 15) is 0 Å². The summed E-state index contributed by atoms with van der Waals surface area (Å²) < 4.78 is 0. The summed E-state index contributed by atoms with van der Waals surface area (Å²) in [6, 6.07) is 17.1. The lowest BCUT2D eigenvalue weighted by Crippen LogP contribution is -2.22. The number of hydrogen-bond donors (Lipinski definition) is 0. The van der Waals surface area contributed by atoms with Gasteiger partial charge in [-0.25, -0.2) is 0 Å². The molecule has 0 fully saturated rings. The minimum Gasteiger partial charge on any atom is -0.372 e. The fourth-order valence-corrected chi connectivity index (χ4v) is 3.34. The maximum atomic E-state index is 4.82.